The van der Waals surface area contributed by atoms with Gasteiger partial charge in [-0.05, 0) is 23.9 Å². The SMILES string of the molecule is COC(=O)CNC(=O)COC(=O)c1sccc1C. The summed E-state index contributed by atoms with van der Waals surface area (Å²) in [6, 6.07) is 1.79. The molecule has 1 aromatic heterocycles. The molecule has 0 aliphatic carbocycles. The Labute approximate surface area is 108 Å². The Morgan fingerprint density at radius 2 is 2.11 bits per heavy atom. The van der Waals surface area contributed by atoms with Crippen LogP contribution in [-0.4, -0.2) is 38.1 Å². The van der Waals surface area contributed by atoms with E-state index in [0.717, 1.165) is 5.56 Å². The topological polar surface area (TPSA) is 81.7 Å². The maximum absolute atomic E-state index is 11.5. The number of hydrogen-bond donors (Lipinski definition) is 1. The first kappa shape index (κ1) is 14.2. The summed E-state index contributed by atoms with van der Waals surface area (Å²) in [5.41, 5.74) is 0.806. The monoisotopic (exact) mass is 271 g/mol. The lowest BCUT2D eigenvalue weighted by Gasteiger charge is -2.05. The van der Waals surface area contributed by atoms with Crippen molar-refractivity contribution in [3.63, 3.8) is 0 Å². The first-order chi connectivity index (χ1) is 8.54. The van der Waals surface area contributed by atoms with Gasteiger partial charge in [0.1, 0.15) is 11.4 Å². The summed E-state index contributed by atoms with van der Waals surface area (Å²) < 4.78 is 9.14. The fourth-order valence-corrected chi connectivity index (χ4v) is 1.89. The number of hydrogen-bond acceptors (Lipinski definition) is 6. The molecule has 18 heavy (non-hydrogen) atoms. The fraction of sp³-hybridized carbons (Fsp3) is 0.364. The summed E-state index contributed by atoms with van der Waals surface area (Å²) in [5, 5.41) is 4.03. The third kappa shape index (κ3) is 4.17. The van der Waals surface area contributed by atoms with E-state index in [2.05, 4.69) is 10.1 Å². The maximum Gasteiger partial charge on any atom is 0.349 e. The lowest BCUT2D eigenvalue weighted by molar-refractivity contribution is -0.141. The van der Waals surface area contributed by atoms with Gasteiger partial charge < -0.3 is 14.8 Å². The van der Waals surface area contributed by atoms with Gasteiger partial charge in [-0.25, -0.2) is 4.79 Å². The first-order valence-electron chi connectivity index (χ1n) is 5.09. The highest BCUT2D eigenvalue weighted by Crippen LogP contribution is 2.16. The summed E-state index contributed by atoms with van der Waals surface area (Å²) in [7, 11) is 1.22. The average Bonchev–Trinajstić information content (AvgIpc) is 2.79. The average molecular weight is 271 g/mol. The van der Waals surface area contributed by atoms with Gasteiger partial charge in [-0.15, -0.1) is 11.3 Å². The van der Waals surface area contributed by atoms with Gasteiger partial charge in [0.15, 0.2) is 6.61 Å². The molecule has 0 bridgehead atoms. The molecule has 0 aliphatic rings. The predicted octanol–water partition coefficient (Wildman–Crippen LogP) is 0.503. The molecule has 6 nitrogen and oxygen atoms in total. The summed E-state index contributed by atoms with van der Waals surface area (Å²) in [5.74, 6) is -1.66. The molecule has 0 unspecified atom stereocenters. The third-order valence-electron chi connectivity index (χ3n) is 2.04. The lowest BCUT2D eigenvalue weighted by atomic mass is 10.3. The number of aryl methyl sites for hydroxylation is 1. The molecule has 0 aromatic carbocycles. The van der Waals surface area contributed by atoms with Crippen LogP contribution in [0.25, 0.3) is 0 Å². The number of carbonyl (C=O) groups is 3. The molecule has 0 spiro atoms. The molecular formula is C11H13NO5S. The van der Waals surface area contributed by atoms with E-state index in [0.29, 0.717) is 4.88 Å². The molecule has 98 valence electrons. The van der Waals surface area contributed by atoms with Crippen molar-refractivity contribution in [3.8, 4) is 0 Å². The van der Waals surface area contributed by atoms with Crippen molar-refractivity contribution in [1.29, 1.82) is 0 Å². The number of esters is 2. The Bertz CT molecular complexity index is 454. The number of amides is 1. The molecule has 0 saturated heterocycles. The first-order valence-corrected chi connectivity index (χ1v) is 5.97. The fourth-order valence-electron chi connectivity index (χ4n) is 1.07. The second kappa shape index (κ2) is 6.75. The van der Waals surface area contributed by atoms with E-state index in [1.165, 1.54) is 18.4 Å². The number of methoxy groups -OCH3 is 1. The van der Waals surface area contributed by atoms with Crippen LogP contribution >= 0.6 is 11.3 Å². The van der Waals surface area contributed by atoms with Crippen LogP contribution in [0.2, 0.25) is 0 Å². The molecule has 1 N–H and O–H groups in total. The van der Waals surface area contributed by atoms with Gasteiger partial charge in [0.2, 0.25) is 0 Å². The molecule has 0 atom stereocenters. The molecule has 1 rings (SSSR count). The smallest absolute Gasteiger partial charge is 0.349 e. The van der Waals surface area contributed by atoms with Crippen molar-refractivity contribution in [2.45, 2.75) is 6.92 Å². The van der Waals surface area contributed by atoms with Gasteiger partial charge in [-0.2, -0.15) is 0 Å². The van der Waals surface area contributed by atoms with E-state index < -0.39 is 24.5 Å². The quantitative estimate of drug-likeness (QED) is 0.789. The van der Waals surface area contributed by atoms with E-state index in [-0.39, 0.29) is 6.54 Å². The van der Waals surface area contributed by atoms with Crippen LogP contribution in [0.15, 0.2) is 11.4 Å². The van der Waals surface area contributed by atoms with Crippen LogP contribution < -0.4 is 5.32 Å². The standard InChI is InChI=1S/C11H13NO5S/c1-7-3-4-18-10(7)11(15)17-6-8(13)12-5-9(14)16-2/h3-4H,5-6H2,1-2H3,(H,12,13). The van der Waals surface area contributed by atoms with Crippen molar-refractivity contribution >= 4 is 29.2 Å². The lowest BCUT2D eigenvalue weighted by Crippen LogP contribution is -2.33. The van der Waals surface area contributed by atoms with Crippen molar-refractivity contribution < 1.29 is 23.9 Å². The second-order valence-electron chi connectivity index (χ2n) is 3.36. The zero-order valence-electron chi connectivity index (χ0n) is 10.0. The van der Waals surface area contributed by atoms with E-state index in [9.17, 15) is 14.4 Å². The normalized spacial score (nSPS) is 9.67. The number of ether oxygens (including phenoxy) is 2. The molecule has 1 heterocycles. The molecule has 1 amide bonds. The van der Waals surface area contributed by atoms with E-state index in [4.69, 9.17) is 4.74 Å². The number of thiophene rings is 1. The van der Waals surface area contributed by atoms with Gasteiger partial charge in [0, 0.05) is 0 Å². The Morgan fingerprint density at radius 3 is 2.67 bits per heavy atom. The molecular weight excluding hydrogens is 258 g/mol. The highest BCUT2D eigenvalue weighted by molar-refractivity contribution is 7.12. The van der Waals surface area contributed by atoms with Crippen LogP contribution in [-0.2, 0) is 19.1 Å². The highest BCUT2D eigenvalue weighted by atomic mass is 32.1. The minimum atomic E-state index is -0.566. The minimum absolute atomic E-state index is 0.245. The zero-order chi connectivity index (χ0) is 13.5. The molecule has 0 aliphatic heterocycles. The van der Waals surface area contributed by atoms with Gasteiger partial charge in [-0.3, -0.25) is 9.59 Å². The van der Waals surface area contributed by atoms with Crippen LogP contribution in [0.1, 0.15) is 15.2 Å². The van der Waals surface area contributed by atoms with Crippen LogP contribution in [0.4, 0.5) is 0 Å². The van der Waals surface area contributed by atoms with E-state index in [1.54, 1.807) is 18.4 Å². The van der Waals surface area contributed by atoms with Crippen LogP contribution in [0.5, 0.6) is 0 Å². The van der Waals surface area contributed by atoms with E-state index in [1.807, 2.05) is 0 Å². The summed E-state index contributed by atoms with van der Waals surface area (Å²) >= 11 is 1.25. The number of nitrogens with one attached hydrogen (secondary N) is 1. The third-order valence-corrected chi connectivity index (χ3v) is 3.04. The molecule has 7 heteroatoms. The Hall–Kier alpha value is -1.89. The van der Waals surface area contributed by atoms with Crippen molar-refractivity contribution in [2.24, 2.45) is 0 Å². The highest BCUT2D eigenvalue weighted by Gasteiger charge is 2.14. The van der Waals surface area contributed by atoms with Crippen LogP contribution in [0.3, 0.4) is 0 Å². The second-order valence-corrected chi connectivity index (χ2v) is 4.28. The minimum Gasteiger partial charge on any atom is -0.468 e. The summed E-state index contributed by atoms with van der Waals surface area (Å²) in [6.45, 7) is 1.11. The molecule has 0 radical (unpaired) electrons. The summed E-state index contributed by atoms with van der Waals surface area (Å²) in [6.07, 6.45) is 0. The molecule has 1 aromatic rings. The zero-order valence-corrected chi connectivity index (χ0v) is 10.8. The van der Waals surface area contributed by atoms with Crippen LogP contribution in [0, 0.1) is 6.92 Å². The summed E-state index contributed by atoms with van der Waals surface area (Å²) in [4.78, 5) is 34.0. The largest absolute Gasteiger partial charge is 0.468 e. The molecule has 0 fully saturated rings. The Balaban J connectivity index is 2.33. The van der Waals surface area contributed by atoms with Crippen molar-refractivity contribution in [1.82, 2.24) is 5.32 Å². The van der Waals surface area contributed by atoms with Crippen molar-refractivity contribution in [3.05, 3.63) is 21.9 Å². The van der Waals surface area contributed by atoms with Gasteiger partial charge in [-0.1, -0.05) is 0 Å². The van der Waals surface area contributed by atoms with Gasteiger partial charge in [0.05, 0.1) is 7.11 Å². The maximum atomic E-state index is 11.5. The van der Waals surface area contributed by atoms with Gasteiger partial charge in [0.25, 0.3) is 5.91 Å². The number of carbonyl (C=O) groups excluding carboxylic acids is 3. The number of rotatable bonds is 5. The predicted molar refractivity (Wildman–Crippen MR) is 64.4 cm³/mol. The van der Waals surface area contributed by atoms with E-state index >= 15 is 0 Å². The molecule has 0 saturated carbocycles. The Kier molecular flexibility index (Phi) is 5.31. The van der Waals surface area contributed by atoms with Crippen molar-refractivity contribution in [2.75, 3.05) is 20.3 Å². The Morgan fingerprint density at radius 1 is 1.39 bits per heavy atom. The van der Waals surface area contributed by atoms with Gasteiger partial charge >= 0.3 is 11.9 Å².